The summed E-state index contributed by atoms with van der Waals surface area (Å²) in [5.41, 5.74) is 11.8. The summed E-state index contributed by atoms with van der Waals surface area (Å²) in [6, 6.07) is 0.196. The van der Waals surface area contributed by atoms with Crippen molar-refractivity contribution in [3.63, 3.8) is 0 Å². The van der Waals surface area contributed by atoms with Crippen LogP contribution < -0.4 is 22.1 Å². The SMILES string of the molecule is CCO[C@@H](CC1CCC(OCCN2C3CCCCC3OC3CCCCC32)CC1)C([O-])O[NH2+]C(CCCN=C(N)N)C(=O)O. The molecular formula is C31H57N5O7. The van der Waals surface area contributed by atoms with E-state index in [2.05, 4.69) is 9.89 Å². The van der Waals surface area contributed by atoms with Gasteiger partial charge in [0.25, 0.3) is 0 Å². The van der Waals surface area contributed by atoms with E-state index >= 15 is 0 Å². The third kappa shape index (κ3) is 10.5. The first-order valence-electron chi connectivity index (χ1n) is 16.9. The van der Waals surface area contributed by atoms with Crippen LogP contribution in [0.4, 0.5) is 0 Å². The number of morpholine rings is 1. The zero-order valence-corrected chi connectivity index (χ0v) is 26.2. The normalized spacial score (nSPS) is 31.8. The highest BCUT2D eigenvalue weighted by Crippen LogP contribution is 2.39. The van der Waals surface area contributed by atoms with Gasteiger partial charge in [-0.05, 0) is 77.0 Å². The van der Waals surface area contributed by atoms with Crippen molar-refractivity contribution in [3.05, 3.63) is 0 Å². The van der Waals surface area contributed by atoms with E-state index < -0.39 is 24.4 Å². The van der Waals surface area contributed by atoms with Gasteiger partial charge in [0, 0.05) is 38.2 Å². The quantitative estimate of drug-likeness (QED) is 0.0609. The number of ether oxygens (including phenoxy) is 3. The van der Waals surface area contributed by atoms with E-state index in [9.17, 15) is 15.0 Å². The average Bonchev–Trinajstić information content (AvgIpc) is 3.00. The lowest BCUT2D eigenvalue weighted by Gasteiger charge is -2.53. The van der Waals surface area contributed by atoms with E-state index in [0.717, 1.165) is 44.3 Å². The van der Waals surface area contributed by atoms with Crippen LogP contribution in [-0.4, -0.2) is 97.1 Å². The first kappa shape index (κ1) is 34.3. The second-order valence-electron chi connectivity index (χ2n) is 12.9. The van der Waals surface area contributed by atoms with Crippen molar-refractivity contribution in [1.29, 1.82) is 0 Å². The molecule has 0 radical (unpaired) electrons. The molecule has 1 heterocycles. The average molecular weight is 612 g/mol. The number of carboxylic acids is 1. The molecule has 0 aromatic heterocycles. The molecule has 0 amide bonds. The molecule has 0 spiro atoms. The fourth-order valence-electron chi connectivity index (χ4n) is 7.72. The van der Waals surface area contributed by atoms with Crippen molar-refractivity contribution in [2.45, 2.75) is 152 Å². The lowest BCUT2D eigenvalue weighted by atomic mass is 9.82. The Balaban J connectivity index is 1.17. The van der Waals surface area contributed by atoms with Crippen LogP contribution >= 0.6 is 0 Å². The summed E-state index contributed by atoms with van der Waals surface area (Å²) in [7, 11) is 0. The number of nitrogens with two attached hydrogens (primary N) is 3. The van der Waals surface area contributed by atoms with Gasteiger partial charge in [0.15, 0.2) is 5.96 Å². The van der Waals surface area contributed by atoms with Gasteiger partial charge in [0.1, 0.15) is 0 Å². The van der Waals surface area contributed by atoms with Gasteiger partial charge in [-0.2, -0.15) is 5.48 Å². The molecule has 3 aliphatic carbocycles. The first-order valence-corrected chi connectivity index (χ1v) is 16.9. The Morgan fingerprint density at radius 2 is 1.70 bits per heavy atom. The molecule has 0 bridgehead atoms. The second kappa shape index (κ2) is 17.8. The Labute approximate surface area is 257 Å². The van der Waals surface area contributed by atoms with Crippen molar-refractivity contribution in [2.24, 2.45) is 22.4 Å². The highest BCUT2D eigenvalue weighted by Gasteiger charge is 2.45. The summed E-state index contributed by atoms with van der Waals surface area (Å²) in [6.45, 7) is 4.35. The second-order valence-corrected chi connectivity index (χ2v) is 12.9. The van der Waals surface area contributed by atoms with Crippen LogP contribution in [0.3, 0.4) is 0 Å². The number of carbonyl (C=O) groups is 1. The summed E-state index contributed by atoms with van der Waals surface area (Å²) in [5.74, 6) is -0.722. The Hall–Kier alpha value is -1.54. The topological polar surface area (TPSA) is 182 Å². The molecule has 4 fully saturated rings. The number of quaternary nitrogens is 1. The van der Waals surface area contributed by atoms with Crippen molar-refractivity contribution in [3.8, 4) is 0 Å². The number of fused-ring (bicyclic) bond motifs is 2. The molecule has 4 aliphatic rings. The Morgan fingerprint density at radius 3 is 2.30 bits per heavy atom. The lowest BCUT2D eigenvalue weighted by Crippen LogP contribution is -2.93. The fraction of sp³-hybridized carbons (Fsp3) is 0.935. The fourth-order valence-corrected chi connectivity index (χ4v) is 7.72. The van der Waals surface area contributed by atoms with Crippen molar-refractivity contribution in [2.75, 3.05) is 26.3 Å². The molecule has 7 atom stereocenters. The highest BCUT2D eigenvalue weighted by atomic mass is 16.7. The minimum atomic E-state index is -1.48. The molecule has 248 valence electrons. The zero-order chi connectivity index (χ0) is 30.6. The van der Waals surface area contributed by atoms with Gasteiger partial charge in [0.05, 0.1) is 37.3 Å². The van der Waals surface area contributed by atoms with Gasteiger partial charge in [-0.1, -0.05) is 25.7 Å². The van der Waals surface area contributed by atoms with Crippen molar-refractivity contribution >= 4 is 11.9 Å². The molecule has 1 aliphatic heterocycles. The summed E-state index contributed by atoms with van der Waals surface area (Å²) in [5, 5.41) is 22.4. The summed E-state index contributed by atoms with van der Waals surface area (Å²) in [4.78, 5) is 23.7. The predicted octanol–water partition coefficient (Wildman–Crippen LogP) is 1.000. The molecule has 12 nitrogen and oxygen atoms in total. The van der Waals surface area contributed by atoms with E-state index in [1.165, 1.54) is 51.4 Å². The maximum Gasteiger partial charge on any atom is 0.365 e. The maximum atomic E-state index is 12.9. The number of rotatable bonds is 17. The van der Waals surface area contributed by atoms with Gasteiger partial charge in [-0.3, -0.25) is 9.89 Å². The number of aliphatic carboxylic acids is 1. The van der Waals surface area contributed by atoms with Gasteiger partial charge >= 0.3 is 5.97 Å². The molecule has 43 heavy (non-hydrogen) atoms. The van der Waals surface area contributed by atoms with E-state index in [-0.39, 0.29) is 18.5 Å². The predicted molar refractivity (Wildman–Crippen MR) is 160 cm³/mol. The molecule has 0 aromatic carbocycles. The number of aliphatic imine (C=N–C) groups is 1. The molecular weight excluding hydrogens is 554 g/mol. The van der Waals surface area contributed by atoms with Crippen LogP contribution in [0.25, 0.3) is 0 Å². The standard InChI is InChI=1S/C31H56N5O7/c1-2-40-28(30(39)43-35-23(29(37)38)8-7-17-34-31(32)33)20-21-13-15-22(16-14-21)41-19-18-36-24-9-3-5-11-26(24)42-27-12-6-4-10-25(27)36/h21-28,30,35H,2-20H2,1H3,(H,37,38)(H4,32,33,34)/q-1/p+1/t21?,22?,23?,24?,25?,26?,27?,28-,30?/m0/s1. The van der Waals surface area contributed by atoms with E-state index in [1.807, 2.05) is 6.92 Å². The molecule has 4 rings (SSSR count). The third-order valence-corrected chi connectivity index (χ3v) is 9.95. The number of guanidine groups is 1. The van der Waals surface area contributed by atoms with Crippen LogP contribution in [0.5, 0.6) is 0 Å². The van der Waals surface area contributed by atoms with Crippen LogP contribution in [-0.2, 0) is 23.8 Å². The highest BCUT2D eigenvalue weighted by molar-refractivity contribution is 5.75. The molecule has 6 unspecified atom stereocenters. The smallest absolute Gasteiger partial charge is 0.365 e. The molecule has 12 heteroatoms. The molecule has 3 saturated carbocycles. The molecule has 0 aromatic rings. The van der Waals surface area contributed by atoms with Gasteiger partial charge in [-0.25, -0.2) is 9.63 Å². The van der Waals surface area contributed by atoms with Crippen LogP contribution in [0, 0.1) is 5.92 Å². The summed E-state index contributed by atoms with van der Waals surface area (Å²) >= 11 is 0. The van der Waals surface area contributed by atoms with Crippen LogP contribution in [0.1, 0.15) is 103 Å². The number of hydroxylamine groups is 1. The maximum absolute atomic E-state index is 12.9. The first-order chi connectivity index (χ1) is 20.9. The van der Waals surface area contributed by atoms with Crippen LogP contribution in [0.15, 0.2) is 4.99 Å². The van der Waals surface area contributed by atoms with Gasteiger partial charge in [-0.15, -0.1) is 0 Å². The number of hydrogen-bond acceptors (Lipinski definition) is 8. The number of hydrogen-bond donors (Lipinski definition) is 4. The Kier molecular flexibility index (Phi) is 14.2. The van der Waals surface area contributed by atoms with E-state index in [1.54, 1.807) is 0 Å². The largest absolute Gasteiger partial charge is 0.825 e. The van der Waals surface area contributed by atoms with Gasteiger partial charge < -0.3 is 35.9 Å². The minimum Gasteiger partial charge on any atom is -0.825 e. The van der Waals surface area contributed by atoms with Crippen molar-refractivity contribution < 1.29 is 39.5 Å². The van der Waals surface area contributed by atoms with Crippen molar-refractivity contribution in [1.82, 2.24) is 4.90 Å². The lowest BCUT2D eigenvalue weighted by molar-refractivity contribution is -0.946. The number of carboxylic acid groups (broad SMARTS) is 1. The third-order valence-electron chi connectivity index (χ3n) is 9.95. The summed E-state index contributed by atoms with van der Waals surface area (Å²) < 4.78 is 18.8. The minimum absolute atomic E-state index is 0.0328. The van der Waals surface area contributed by atoms with Gasteiger partial charge in [0.2, 0.25) is 6.04 Å². The zero-order valence-electron chi connectivity index (χ0n) is 26.2. The Morgan fingerprint density at radius 1 is 1.05 bits per heavy atom. The number of nitrogens with zero attached hydrogens (tertiary/aromatic N) is 2. The molecule has 7 N–H and O–H groups in total. The van der Waals surface area contributed by atoms with E-state index in [0.29, 0.717) is 56.2 Å². The Bertz CT molecular complexity index is 832. The monoisotopic (exact) mass is 611 g/mol. The van der Waals surface area contributed by atoms with Crippen LogP contribution in [0.2, 0.25) is 0 Å². The summed E-state index contributed by atoms with van der Waals surface area (Å²) in [6.07, 6.45) is 14.3. The molecule has 1 saturated heterocycles. The van der Waals surface area contributed by atoms with E-state index in [4.69, 9.17) is 30.5 Å².